The first-order chi connectivity index (χ1) is 9.45. The van der Waals surface area contributed by atoms with Gasteiger partial charge in [0.15, 0.2) is 5.78 Å². The number of ketones is 1. The quantitative estimate of drug-likeness (QED) is 0.658. The minimum Gasteiger partial charge on any atom is -0.298 e. The highest BCUT2D eigenvalue weighted by Gasteiger charge is 2.25. The van der Waals surface area contributed by atoms with Crippen LogP contribution in [0, 0.1) is 22.5 Å². The molecule has 0 aromatic heterocycles. The topological polar surface area (TPSA) is 106 Å². The van der Waals surface area contributed by atoms with E-state index in [1.165, 1.54) is 19.1 Å². The first kappa shape index (κ1) is 17.3. The number of benzene rings is 1. The van der Waals surface area contributed by atoms with E-state index in [9.17, 15) is 23.3 Å². The van der Waals surface area contributed by atoms with E-state index in [-0.39, 0.29) is 22.9 Å². The van der Waals surface area contributed by atoms with E-state index in [4.69, 9.17) is 0 Å². The lowest BCUT2D eigenvalue weighted by Gasteiger charge is -2.16. The summed E-state index contributed by atoms with van der Waals surface area (Å²) in [5, 5.41) is 10.8. The van der Waals surface area contributed by atoms with E-state index in [0.717, 1.165) is 6.07 Å². The monoisotopic (exact) mass is 314 g/mol. The third kappa shape index (κ3) is 4.33. The van der Waals surface area contributed by atoms with Crippen LogP contribution in [0.4, 0.5) is 5.69 Å². The molecule has 0 amide bonds. The second kappa shape index (κ2) is 5.90. The van der Waals surface area contributed by atoms with Crippen LogP contribution in [0.5, 0.6) is 0 Å². The molecule has 0 aliphatic carbocycles. The number of nitro benzene ring substituents is 1. The van der Waals surface area contributed by atoms with Gasteiger partial charge in [-0.1, -0.05) is 26.8 Å². The average molecular weight is 314 g/mol. The molecule has 1 aromatic carbocycles. The van der Waals surface area contributed by atoms with Crippen LogP contribution >= 0.6 is 0 Å². The molecule has 0 aliphatic heterocycles. The zero-order chi connectivity index (χ0) is 16.4. The van der Waals surface area contributed by atoms with Crippen LogP contribution < -0.4 is 4.72 Å². The Balaban J connectivity index is 3.02. The summed E-state index contributed by atoms with van der Waals surface area (Å²) < 4.78 is 26.3. The maximum atomic E-state index is 12.1. The van der Waals surface area contributed by atoms with Crippen LogP contribution in [-0.4, -0.2) is 25.7 Å². The third-order valence-electron chi connectivity index (χ3n) is 2.95. The fourth-order valence-corrected chi connectivity index (χ4v) is 2.46. The predicted octanol–water partition coefficient (Wildman–Crippen LogP) is 1.80. The van der Waals surface area contributed by atoms with Crippen LogP contribution in [0.1, 0.15) is 26.3 Å². The summed E-state index contributed by atoms with van der Waals surface area (Å²) in [6, 6.07) is 3.61. The molecule has 1 rings (SSSR count). The van der Waals surface area contributed by atoms with Gasteiger partial charge in [-0.15, -0.1) is 0 Å². The maximum Gasteiger partial charge on any atom is 0.273 e. The molecular formula is C13H18N2O5S. The zero-order valence-electron chi connectivity index (χ0n) is 12.3. The lowest BCUT2D eigenvalue weighted by Crippen LogP contribution is -2.35. The number of hydrogen-bond donors (Lipinski definition) is 1. The van der Waals surface area contributed by atoms with Crippen molar-refractivity contribution in [2.24, 2.45) is 5.41 Å². The van der Waals surface area contributed by atoms with Crippen LogP contribution in [0.3, 0.4) is 0 Å². The summed E-state index contributed by atoms with van der Waals surface area (Å²) >= 11 is 0. The van der Waals surface area contributed by atoms with E-state index in [0.29, 0.717) is 5.56 Å². The van der Waals surface area contributed by atoms with Gasteiger partial charge >= 0.3 is 0 Å². The molecule has 0 saturated heterocycles. The van der Waals surface area contributed by atoms with Crippen LogP contribution in [0.2, 0.25) is 0 Å². The Bertz CT molecular complexity index is 674. The number of nitrogens with one attached hydrogen (secondary N) is 1. The van der Waals surface area contributed by atoms with Crippen molar-refractivity contribution in [2.45, 2.75) is 32.6 Å². The number of carbonyl (C=O) groups excluding carboxylic acids is 1. The molecule has 0 atom stereocenters. The first-order valence-corrected chi connectivity index (χ1v) is 7.71. The Kier molecular flexibility index (Phi) is 4.85. The predicted molar refractivity (Wildman–Crippen MR) is 77.5 cm³/mol. The number of rotatable bonds is 5. The van der Waals surface area contributed by atoms with Crippen molar-refractivity contribution in [3.05, 3.63) is 33.9 Å². The van der Waals surface area contributed by atoms with Gasteiger partial charge in [0.05, 0.1) is 16.4 Å². The number of Topliss-reactive ketones (excluding diaryl/α,β-unsaturated/α-hetero) is 1. The van der Waals surface area contributed by atoms with Crippen molar-refractivity contribution < 1.29 is 18.1 Å². The Morgan fingerprint density at radius 2 is 1.90 bits per heavy atom. The van der Waals surface area contributed by atoms with Crippen molar-refractivity contribution in [2.75, 3.05) is 6.54 Å². The Hall–Kier alpha value is -1.80. The number of sulfonamides is 1. The van der Waals surface area contributed by atoms with Gasteiger partial charge in [0.2, 0.25) is 10.0 Å². The molecular weight excluding hydrogens is 296 g/mol. The molecule has 7 nitrogen and oxygen atoms in total. The highest BCUT2D eigenvalue weighted by atomic mass is 32.2. The smallest absolute Gasteiger partial charge is 0.273 e. The van der Waals surface area contributed by atoms with Crippen LogP contribution in [-0.2, 0) is 14.8 Å². The van der Waals surface area contributed by atoms with Gasteiger partial charge < -0.3 is 0 Å². The van der Waals surface area contributed by atoms with E-state index >= 15 is 0 Å². The molecule has 0 spiro atoms. The van der Waals surface area contributed by atoms with Crippen LogP contribution in [0.15, 0.2) is 23.1 Å². The van der Waals surface area contributed by atoms with Gasteiger partial charge in [-0.3, -0.25) is 14.9 Å². The lowest BCUT2D eigenvalue weighted by molar-refractivity contribution is -0.385. The lowest BCUT2D eigenvalue weighted by atomic mass is 9.91. The van der Waals surface area contributed by atoms with Crippen molar-refractivity contribution >= 4 is 21.5 Å². The molecule has 0 bridgehead atoms. The number of carbonyl (C=O) groups is 1. The second-order valence-electron chi connectivity index (χ2n) is 5.70. The fraction of sp³-hybridized carbons (Fsp3) is 0.462. The zero-order valence-corrected chi connectivity index (χ0v) is 13.2. The summed E-state index contributed by atoms with van der Waals surface area (Å²) in [6.45, 7) is 6.21. The molecule has 0 saturated carbocycles. The summed E-state index contributed by atoms with van der Waals surface area (Å²) in [7, 11) is -3.96. The second-order valence-corrected chi connectivity index (χ2v) is 7.47. The van der Waals surface area contributed by atoms with Gasteiger partial charge in [-0.05, 0) is 13.0 Å². The van der Waals surface area contributed by atoms with Gasteiger partial charge in [-0.25, -0.2) is 13.1 Å². The SMILES string of the molecule is Cc1ccc(S(=O)(=O)NCC(=O)C(C)(C)C)cc1[N+](=O)[O-]. The van der Waals surface area contributed by atoms with Gasteiger partial charge in [0, 0.05) is 17.0 Å². The van der Waals surface area contributed by atoms with Gasteiger partial charge in [0.1, 0.15) is 0 Å². The first-order valence-electron chi connectivity index (χ1n) is 6.23. The molecule has 116 valence electrons. The molecule has 0 radical (unpaired) electrons. The number of hydrogen-bond acceptors (Lipinski definition) is 5. The normalized spacial score (nSPS) is 12.2. The summed E-state index contributed by atoms with van der Waals surface area (Å²) in [5.41, 5.74) is -0.577. The van der Waals surface area contributed by atoms with Crippen LogP contribution in [0.25, 0.3) is 0 Å². The number of nitro groups is 1. The summed E-state index contributed by atoms with van der Waals surface area (Å²) in [4.78, 5) is 21.7. The Labute approximate surface area is 123 Å². The summed E-state index contributed by atoms with van der Waals surface area (Å²) in [5.74, 6) is -0.271. The molecule has 0 aliphatic rings. The van der Waals surface area contributed by atoms with Gasteiger partial charge in [-0.2, -0.15) is 0 Å². The van der Waals surface area contributed by atoms with E-state index in [2.05, 4.69) is 4.72 Å². The van der Waals surface area contributed by atoms with Crippen molar-refractivity contribution in [3.8, 4) is 0 Å². The molecule has 0 unspecified atom stereocenters. The standard InChI is InChI=1S/C13H18N2O5S/c1-9-5-6-10(7-11(9)15(17)18)21(19,20)14-8-12(16)13(2,3)4/h5-7,14H,8H2,1-4H3. The minimum atomic E-state index is -3.96. The molecule has 0 fully saturated rings. The summed E-state index contributed by atoms with van der Waals surface area (Å²) in [6.07, 6.45) is 0. The van der Waals surface area contributed by atoms with Crippen molar-refractivity contribution in [1.82, 2.24) is 4.72 Å². The number of aryl methyl sites for hydroxylation is 1. The molecule has 1 N–H and O–H groups in total. The van der Waals surface area contributed by atoms with E-state index in [1.807, 2.05) is 0 Å². The number of nitrogens with zero attached hydrogens (tertiary/aromatic N) is 1. The third-order valence-corrected chi connectivity index (χ3v) is 4.35. The molecule has 8 heteroatoms. The highest BCUT2D eigenvalue weighted by molar-refractivity contribution is 7.89. The largest absolute Gasteiger partial charge is 0.298 e. The highest BCUT2D eigenvalue weighted by Crippen LogP contribution is 2.22. The Morgan fingerprint density at radius 1 is 1.33 bits per heavy atom. The van der Waals surface area contributed by atoms with Gasteiger partial charge in [0.25, 0.3) is 5.69 Å². The molecule has 0 heterocycles. The average Bonchev–Trinajstić information content (AvgIpc) is 2.34. The van der Waals surface area contributed by atoms with E-state index < -0.39 is 20.4 Å². The molecule has 21 heavy (non-hydrogen) atoms. The minimum absolute atomic E-state index is 0.235. The maximum absolute atomic E-state index is 12.1. The van der Waals surface area contributed by atoms with E-state index in [1.54, 1.807) is 20.8 Å². The fourth-order valence-electron chi connectivity index (χ4n) is 1.46. The van der Waals surface area contributed by atoms with Crippen molar-refractivity contribution in [1.29, 1.82) is 0 Å². The van der Waals surface area contributed by atoms with Crippen molar-refractivity contribution in [3.63, 3.8) is 0 Å². The molecule has 1 aromatic rings. The Morgan fingerprint density at radius 3 is 2.38 bits per heavy atom.